The number of nitrogens with two attached hydrogens (primary N) is 1. The van der Waals surface area contributed by atoms with Gasteiger partial charge in [-0.2, -0.15) is 0 Å². The molecule has 1 aliphatic rings. The van der Waals surface area contributed by atoms with Gasteiger partial charge in [-0.25, -0.2) is 4.39 Å². The number of benzene rings is 1. The number of nitrogens with zero attached hydrogens (tertiary/aromatic N) is 1. The molecule has 1 saturated carbocycles. The summed E-state index contributed by atoms with van der Waals surface area (Å²) in [5.74, 6) is 0.706. The first kappa shape index (κ1) is 13.2. The highest BCUT2D eigenvalue weighted by molar-refractivity contribution is 5.51. The van der Waals surface area contributed by atoms with Gasteiger partial charge in [0.05, 0.1) is 12.8 Å². The van der Waals surface area contributed by atoms with Crippen molar-refractivity contribution < 1.29 is 8.81 Å². The van der Waals surface area contributed by atoms with Crippen LogP contribution in [-0.4, -0.2) is 12.6 Å². The lowest BCUT2D eigenvalue weighted by Gasteiger charge is -2.24. The molecule has 0 saturated heterocycles. The number of halogens is 1. The van der Waals surface area contributed by atoms with Crippen LogP contribution in [-0.2, 0) is 13.0 Å². The number of hydrogen-bond donors (Lipinski definition) is 1. The SMILES string of the molecule is NCCc1cc(F)cc(N(Cc2ccco2)C2CC2)c1. The largest absolute Gasteiger partial charge is 0.467 e. The molecule has 0 bridgehead atoms. The van der Waals surface area contributed by atoms with E-state index in [1.54, 1.807) is 18.4 Å². The summed E-state index contributed by atoms with van der Waals surface area (Å²) in [7, 11) is 0. The van der Waals surface area contributed by atoms with Gasteiger partial charge in [0.2, 0.25) is 0 Å². The molecule has 1 aromatic carbocycles. The van der Waals surface area contributed by atoms with Gasteiger partial charge in [0.25, 0.3) is 0 Å². The number of furan rings is 1. The van der Waals surface area contributed by atoms with Crippen LogP contribution in [0.4, 0.5) is 10.1 Å². The molecular weight excluding hydrogens is 255 g/mol. The quantitative estimate of drug-likeness (QED) is 0.880. The molecule has 4 heteroatoms. The monoisotopic (exact) mass is 274 g/mol. The Morgan fingerprint density at radius 1 is 1.30 bits per heavy atom. The Morgan fingerprint density at radius 2 is 2.15 bits per heavy atom. The van der Waals surface area contributed by atoms with Gasteiger partial charge in [0.1, 0.15) is 11.6 Å². The normalized spacial score (nSPS) is 14.5. The zero-order valence-electron chi connectivity index (χ0n) is 11.4. The maximum Gasteiger partial charge on any atom is 0.125 e. The maximum absolute atomic E-state index is 13.8. The molecule has 3 nitrogen and oxygen atoms in total. The molecule has 1 fully saturated rings. The summed E-state index contributed by atoms with van der Waals surface area (Å²) < 4.78 is 19.2. The van der Waals surface area contributed by atoms with Gasteiger partial charge in [-0.05, 0) is 61.7 Å². The fourth-order valence-electron chi connectivity index (χ4n) is 2.50. The average molecular weight is 274 g/mol. The predicted molar refractivity (Wildman–Crippen MR) is 77.1 cm³/mol. The van der Waals surface area contributed by atoms with E-state index in [1.807, 2.05) is 18.2 Å². The van der Waals surface area contributed by atoms with Crippen molar-refractivity contribution in [1.82, 2.24) is 0 Å². The summed E-state index contributed by atoms with van der Waals surface area (Å²) in [6, 6.07) is 9.53. The van der Waals surface area contributed by atoms with E-state index < -0.39 is 0 Å². The minimum Gasteiger partial charge on any atom is -0.467 e. The lowest BCUT2D eigenvalue weighted by atomic mass is 10.1. The summed E-state index contributed by atoms with van der Waals surface area (Å²) >= 11 is 0. The Morgan fingerprint density at radius 3 is 2.80 bits per heavy atom. The van der Waals surface area contributed by atoms with Crippen molar-refractivity contribution in [2.24, 2.45) is 5.73 Å². The van der Waals surface area contributed by atoms with Crippen molar-refractivity contribution >= 4 is 5.69 Å². The van der Waals surface area contributed by atoms with Gasteiger partial charge in [-0.15, -0.1) is 0 Å². The minimum atomic E-state index is -0.198. The zero-order valence-corrected chi connectivity index (χ0v) is 11.4. The second-order valence-electron chi connectivity index (χ2n) is 5.29. The number of anilines is 1. The van der Waals surface area contributed by atoms with Crippen LogP contribution in [0.15, 0.2) is 41.0 Å². The first-order chi connectivity index (χ1) is 9.76. The third-order valence-corrected chi connectivity index (χ3v) is 3.60. The molecule has 3 rings (SSSR count). The summed E-state index contributed by atoms with van der Waals surface area (Å²) in [5, 5.41) is 0. The Kier molecular flexibility index (Phi) is 3.74. The Labute approximate surface area is 118 Å². The molecule has 1 aliphatic carbocycles. The van der Waals surface area contributed by atoms with Gasteiger partial charge in [-0.1, -0.05) is 0 Å². The third-order valence-electron chi connectivity index (χ3n) is 3.60. The van der Waals surface area contributed by atoms with Crippen molar-refractivity contribution in [3.8, 4) is 0 Å². The molecular formula is C16H19FN2O. The lowest BCUT2D eigenvalue weighted by Crippen LogP contribution is -2.25. The Hall–Kier alpha value is -1.81. The van der Waals surface area contributed by atoms with Crippen LogP contribution in [0.5, 0.6) is 0 Å². The van der Waals surface area contributed by atoms with Crippen LogP contribution in [0.2, 0.25) is 0 Å². The molecule has 0 aliphatic heterocycles. The summed E-state index contributed by atoms with van der Waals surface area (Å²) in [6.07, 6.45) is 4.68. The molecule has 2 N–H and O–H groups in total. The average Bonchev–Trinajstić information content (AvgIpc) is 3.12. The van der Waals surface area contributed by atoms with E-state index in [0.29, 0.717) is 25.6 Å². The first-order valence-electron chi connectivity index (χ1n) is 7.05. The van der Waals surface area contributed by atoms with Gasteiger partial charge in [0, 0.05) is 11.7 Å². The fourth-order valence-corrected chi connectivity index (χ4v) is 2.50. The van der Waals surface area contributed by atoms with E-state index in [4.69, 9.17) is 10.2 Å². The third kappa shape index (κ3) is 3.02. The molecule has 2 aromatic rings. The van der Waals surface area contributed by atoms with Crippen molar-refractivity contribution in [1.29, 1.82) is 0 Å². The highest BCUT2D eigenvalue weighted by Crippen LogP contribution is 2.34. The van der Waals surface area contributed by atoms with Crippen molar-refractivity contribution in [3.63, 3.8) is 0 Å². The summed E-state index contributed by atoms with van der Waals surface area (Å²) in [6.45, 7) is 1.22. The van der Waals surface area contributed by atoms with Crippen LogP contribution in [0.3, 0.4) is 0 Å². The van der Waals surface area contributed by atoms with Gasteiger partial charge in [-0.3, -0.25) is 0 Å². The Balaban J connectivity index is 1.86. The van der Waals surface area contributed by atoms with E-state index in [-0.39, 0.29) is 5.82 Å². The second kappa shape index (κ2) is 5.67. The van der Waals surface area contributed by atoms with Crippen LogP contribution in [0, 0.1) is 5.82 Å². The molecule has 106 valence electrons. The molecule has 1 aromatic heterocycles. The lowest BCUT2D eigenvalue weighted by molar-refractivity contribution is 0.500. The molecule has 0 spiro atoms. The summed E-state index contributed by atoms with van der Waals surface area (Å²) in [4.78, 5) is 2.22. The van der Waals surface area contributed by atoms with Gasteiger partial charge < -0.3 is 15.1 Å². The summed E-state index contributed by atoms with van der Waals surface area (Å²) in [5.41, 5.74) is 7.44. The van der Waals surface area contributed by atoms with Gasteiger partial charge in [0.15, 0.2) is 0 Å². The highest BCUT2D eigenvalue weighted by atomic mass is 19.1. The van der Waals surface area contributed by atoms with Crippen LogP contribution in [0.1, 0.15) is 24.2 Å². The predicted octanol–water partition coefficient (Wildman–Crippen LogP) is 3.09. The minimum absolute atomic E-state index is 0.198. The molecule has 0 amide bonds. The van der Waals surface area contributed by atoms with E-state index in [2.05, 4.69) is 4.90 Å². The Bertz CT molecular complexity index is 564. The van der Waals surface area contributed by atoms with Crippen LogP contribution in [0.25, 0.3) is 0 Å². The van der Waals surface area contributed by atoms with Crippen molar-refractivity contribution in [2.45, 2.75) is 31.8 Å². The zero-order chi connectivity index (χ0) is 13.9. The standard InChI is InChI=1S/C16H19FN2O/c17-13-8-12(5-6-18)9-15(10-13)19(14-3-4-14)11-16-2-1-7-20-16/h1-2,7-10,14H,3-6,11,18H2. The van der Waals surface area contributed by atoms with Crippen LogP contribution < -0.4 is 10.6 Å². The number of hydrogen-bond acceptors (Lipinski definition) is 3. The number of rotatable bonds is 6. The molecule has 0 unspecified atom stereocenters. The van der Waals surface area contributed by atoms with Crippen molar-refractivity contribution in [2.75, 3.05) is 11.4 Å². The van der Waals surface area contributed by atoms with E-state index in [0.717, 1.165) is 29.9 Å². The van der Waals surface area contributed by atoms with E-state index in [1.165, 1.54) is 0 Å². The molecule has 0 atom stereocenters. The van der Waals surface area contributed by atoms with E-state index >= 15 is 0 Å². The maximum atomic E-state index is 13.8. The molecule has 1 heterocycles. The highest BCUT2D eigenvalue weighted by Gasteiger charge is 2.30. The smallest absolute Gasteiger partial charge is 0.125 e. The van der Waals surface area contributed by atoms with Crippen molar-refractivity contribution in [3.05, 3.63) is 53.7 Å². The topological polar surface area (TPSA) is 42.4 Å². The second-order valence-corrected chi connectivity index (χ2v) is 5.29. The van der Waals surface area contributed by atoms with Crippen LogP contribution >= 0.6 is 0 Å². The van der Waals surface area contributed by atoms with E-state index in [9.17, 15) is 4.39 Å². The molecule has 20 heavy (non-hydrogen) atoms. The molecule has 0 radical (unpaired) electrons. The first-order valence-corrected chi connectivity index (χ1v) is 7.05. The van der Waals surface area contributed by atoms with Gasteiger partial charge >= 0.3 is 0 Å². The fraction of sp³-hybridized carbons (Fsp3) is 0.375.